The molecule has 142 valence electrons. The van der Waals surface area contributed by atoms with E-state index in [1.807, 2.05) is 66.7 Å². The molecule has 5 nitrogen and oxygen atoms in total. The van der Waals surface area contributed by atoms with Crippen molar-refractivity contribution in [2.45, 2.75) is 26.7 Å². The van der Waals surface area contributed by atoms with E-state index in [0.29, 0.717) is 12.4 Å². The monoisotopic (exact) mass is 367 g/mol. The van der Waals surface area contributed by atoms with E-state index in [-0.39, 0.29) is 29.2 Å². The van der Waals surface area contributed by atoms with Crippen molar-refractivity contribution in [3.63, 3.8) is 0 Å². The minimum atomic E-state index is -0.495. The molecule has 0 aromatic heterocycles. The number of hydrogen-bond donors (Lipinski definition) is 0. The maximum Gasteiger partial charge on any atom is 0.214 e. The van der Waals surface area contributed by atoms with Crippen LogP contribution in [0.3, 0.4) is 0 Å². The molecule has 0 spiro atoms. The van der Waals surface area contributed by atoms with Gasteiger partial charge in [0.2, 0.25) is 12.8 Å². The van der Waals surface area contributed by atoms with Gasteiger partial charge in [0.05, 0.1) is 12.5 Å². The third-order valence-corrected chi connectivity index (χ3v) is 4.88. The molecular weight excluding hydrogens is 342 g/mol. The summed E-state index contributed by atoms with van der Waals surface area (Å²) in [4.78, 5) is 11.0. The van der Waals surface area contributed by atoms with E-state index in [4.69, 9.17) is 9.47 Å². The Balaban J connectivity index is 1.84. The molecule has 1 aliphatic rings. The third kappa shape index (κ3) is 4.95. The molecule has 27 heavy (non-hydrogen) atoms. The van der Waals surface area contributed by atoms with Crippen LogP contribution in [0.5, 0.6) is 0 Å². The number of ether oxygens (including phenoxy) is 2. The molecule has 0 aliphatic carbocycles. The predicted octanol–water partition coefficient (Wildman–Crippen LogP) is 4.77. The molecule has 3 atom stereocenters. The van der Waals surface area contributed by atoms with Crippen LogP contribution >= 0.6 is 0 Å². The Morgan fingerprint density at radius 2 is 1.74 bits per heavy atom. The summed E-state index contributed by atoms with van der Waals surface area (Å²) < 4.78 is 12.2. The van der Waals surface area contributed by atoms with Gasteiger partial charge in [0.25, 0.3) is 0 Å². The van der Waals surface area contributed by atoms with Crippen LogP contribution in [0.1, 0.15) is 25.0 Å². The zero-order valence-electron chi connectivity index (χ0n) is 15.7. The van der Waals surface area contributed by atoms with Gasteiger partial charge in [0, 0.05) is 10.8 Å². The van der Waals surface area contributed by atoms with Crippen LogP contribution in [0.2, 0.25) is 0 Å². The first-order valence-corrected chi connectivity index (χ1v) is 9.25. The highest BCUT2D eigenvalue weighted by molar-refractivity contribution is 5.52. The fourth-order valence-electron chi connectivity index (χ4n) is 3.58. The Morgan fingerprint density at radius 1 is 1.11 bits per heavy atom. The van der Waals surface area contributed by atoms with Crippen LogP contribution in [0.25, 0.3) is 6.08 Å². The summed E-state index contributed by atoms with van der Waals surface area (Å²) in [6.45, 7) is 4.38. The molecule has 0 amide bonds. The maximum atomic E-state index is 11.3. The summed E-state index contributed by atoms with van der Waals surface area (Å²) in [5.74, 6) is 0.446. The highest BCUT2D eigenvalue weighted by Gasteiger charge is 2.46. The SMILES string of the molecule is CC(C)[C@H]1[C@@H](OCc2ccccc2)O/C(=C\c2ccccc2)[C@H]1C[N+](=O)[O-]. The predicted molar refractivity (Wildman–Crippen MR) is 104 cm³/mol. The van der Waals surface area contributed by atoms with Crippen molar-refractivity contribution in [1.29, 1.82) is 0 Å². The molecule has 1 fully saturated rings. The number of benzene rings is 2. The Hall–Kier alpha value is -2.66. The second-order valence-corrected chi connectivity index (χ2v) is 7.18. The molecule has 1 aliphatic heterocycles. The minimum absolute atomic E-state index is 0.0749. The van der Waals surface area contributed by atoms with Crippen molar-refractivity contribution in [2.75, 3.05) is 6.54 Å². The first kappa shape index (κ1) is 19.1. The van der Waals surface area contributed by atoms with Crippen molar-refractivity contribution < 1.29 is 14.4 Å². The van der Waals surface area contributed by atoms with Crippen molar-refractivity contribution in [2.24, 2.45) is 17.8 Å². The van der Waals surface area contributed by atoms with Gasteiger partial charge >= 0.3 is 0 Å². The van der Waals surface area contributed by atoms with E-state index >= 15 is 0 Å². The summed E-state index contributed by atoms with van der Waals surface area (Å²) in [7, 11) is 0. The van der Waals surface area contributed by atoms with Gasteiger partial charge in [-0.05, 0) is 23.1 Å². The summed E-state index contributed by atoms with van der Waals surface area (Å²) >= 11 is 0. The van der Waals surface area contributed by atoms with Gasteiger partial charge in [0.15, 0.2) is 0 Å². The summed E-state index contributed by atoms with van der Waals surface area (Å²) in [5.41, 5.74) is 2.02. The van der Waals surface area contributed by atoms with Crippen LogP contribution < -0.4 is 0 Å². The quantitative estimate of drug-likeness (QED) is 0.523. The van der Waals surface area contributed by atoms with E-state index in [2.05, 4.69) is 13.8 Å². The topological polar surface area (TPSA) is 61.6 Å². The molecule has 1 heterocycles. The molecule has 0 unspecified atom stereocenters. The highest BCUT2D eigenvalue weighted by Crippen LogP contribution is 2.42. The standard InChI is InChI=1S/C22H25NO4/c1-16(2)21-19(14-23(24)25)20(13-17-9-5-3-6-10-17)27-22(21)26-15-18-11-7-4-8-12-18/h3-13,16,19,21-22H,14-15H2,1-2H3/b20-13-/t19-,21-,22+/m1/s1. The lowest BCUT2D eigenvalue weighted by Gasteiger charge is -2.23. The average Bonchev–Trinajstić information content (AvgIpc) is 2.98. The lowest BCUT2D eigenvalue weighted by atomic mass is 9.83. The van der Waals surface area contributed by atoms with Crippen LogP contribution in [-0.2, 0) is 16.1 Å². The first-order chi connectivity index (χ1) is 13.0. The lowest BCUT2D eigenvalue weighted by molar-refractivity contribution is -0.488. The summed E-state index contributed by atoms with van der Waals surface area (Å²) in [6.07, 6.45) is 1.40. The van der Waals surface area contributed by atoms with Gasteiger partial charge in [-0.1, -0.05) is 74.5 Å². The Bertz CT molecular complexity index is 773. The van der Waals surface area contributed by atoms with Gasteiger partial charge in [-0.15, -0.1) is 0 Å². The lowest BCUT2D eigenvalue weighted by Crippen LogP contribution is -2.31. The molecule has 0 bridgehead atoms. The number of nitro groups is 1. The molecule has 0 N–H and O–H groups in total. The van der Waals surface area contributed by atoms with Gasteiger partial charge in [-0.3, -0.25) is 10.1 Å². The third-order valence-electron chi connectivity index (χ3n) is 4.88. The highest BCUT2D eigenvalue weighted by atomic mass is 16.7. The summed E-state index contributed by atoms with van der Waals surface area (Å²) in [5, 5.41) is 11.3. The van der Waals surface area contributed by atoms with Crippen LogP contribution in [0.4, 0.5) is 0 Å². The number of hydrogen-bond acceptors (Lipinski definition) is 4. The summed E-state index contributed by atoms with van der Waals surface area (Å²) in [6, 6.07) is 19.6. The molecule has 2 aromatic rings. The molecule has 0 saturated carbocycles. The van der Waals surface area contributed by atoms with Crippen molar-refractivity contribution >= 4 is 6.08 Å². The minimum Gasteiger partial charge on any atom is -0.468 e. The van der Waals surface area contributed by atoms with E-state index in [1.54, 1.807) is 0 Å². The molecule has 2 aromatic carbocycles. The van der Waals surface area contributed by atoms with E-state index in [9.17, 15) is 10.1 Å². The number of rotatable bonds is 7. The molecule has 0 radical (unpaired) electrons. The van der Waals surface area contributed by atoms with Gasteiger partial charge in [0.1, 0.15) is 5.76 Å². The van der Waals surface area contributed by atoms with Gasteiger partial charge < -0.3 is 9.47 Å². The normalized spacial score (nSPS) is 23.5. The number of nitrogens with zero attached hydrogens (tertiary/aromatic N) is 1. The van der Waals surface area contributed by atoms with E-state index in [0.717, 1.165) is 11.1 Å². The Labute approximate surface area is 159 Å². The van der Waals surface area contributed by atoms with Crippen molar-refractivity contribution in [3.05, 3.63) is 87.7 Å². The van der Waals surface area contributed by atoms with E-state index < -0.39 is 6.29 Å². The Morgan fingerprint density at radius 3 is 2.33 bits per heavy atom. The first-order valence-electron chi connectivity index (χ1n) is 9.25. The zero-order valence-corrected chi connectivity index (χ0v) is 15.7. The largest absolute Gasteiger partial charge is 0.468 e. The zero-order chi connectivity index (χ0) is 19.2. The average molecular weight is 367 g/mol. The van der Waals surface area contributed by atoms with Crippen molar-refractivity contribution in [3.8, 4) is 0 Å². The van der Waals surface area contributed by atoms with Gasteiger partial charge in [-0.2, -0.15) is 0 Å². The molecule has 1 saturated heterocycles. The second-order valence-electron chi connectivity index (χ2n) is 7.18. The van der Waals surface area contributed by atoms with Crippen LogP contribution in [0.15, 0.2) is 66.4 Å². The molecule has 5 heteroatoms. The van der Waals surface area contributed by atoms with Crippen molar-refractivity contribution in [1.82, 2.24) is 0 Å². The molecule has 3 rings (SSSR count). The van der Waals surface area contributed by atoms with Gasteiger partial charge in [-0.25, -0.2) is 0 Å². The van der Waals surface area contributed by atoms with E-state index in [1.165, 1.54) is 0 Å². The fourth-order valence-corrected chi connectivity index (χ4v) is 3.58. The smallest absolute Gasteiger partial charge is 0.214 e. The molecular formula is C22H25NO4. The van der Waals surface area contributed by atoms with Crippen LogP contribution in [0, 0.1) is 27.9 Å². The van der Waals surface area contributed by atoms with Crippen LogP contribution in [-0.4, -0.2) is 17.8 Å². The Kier molecular flexibility index (Phi) is 6.24. The fraction of sp³-hybridized carbons (Fsp3) is 0.364. The maximum absolute atomic E-state index is 11.3. The second kappa shape index (κ2) is 8.82.